The quantitative estimate of drug-likeness (QED) is 0.482. The van der Waals surface area contributed by atoms with Gasteiger partial charge in [-0.1, -0.05) is 23.2 Å². The normalized spacial score (nSPS) is 11.3. The molecule has 7 heteroatoms. The molecule has 0 aliphatic rings. The average molecular weight is 357 g/mol. The van der Waals surface area contributed by atoms with Gasteiger partial charge in [-0.2, -0.15) is 0 Å². The Hall–Kier alpha value is -1.75. The lowest BCUT2D eigenvalue weighted by atomic mass is 10.2. The predicted octanol–water partition coefficient (Wildman–Crippen LogP) is 4.47. The number of carbonyl (C=O) groups is 1. The van der Waals surface area contributed by atoms with E-state index in [0.29, 0.717) is 32.8 Å². The molecular formula is C15H12Cl3N3O. The monoisotopic (exact) mass is 355 g/mol. The fraction of sp³-hybridized carbons (Fsp3) is 0.0667. The second-order valence-electron chi connectivity index (χ2n) is 4.36. The topological polar surface area (TPSA) is 67.5 Å². The number of rotatable bonds is 4. The summed E-state index contributed by atoms with van der Waals surface area (Å²) < 4.78 is 0. The van der Waals surface area contributed by atoms with Crippen LogP contribution in [-0.4, -0.2) is 17.6 Å². The van der Waals surface area contributed by atoms with Gasteiger partial charge in [0.15, 0.2) is 0 Å². The van der Waals surface area contributed by atoms with Crippen molar-refractivity contribution >= 4 is 57.9 Å². The first-order valence-corrected chi connectivity index (χ1v) is 7.54. The summed E-state index contributed by atoms with van der Waals surface area (Å²) in [5.74, 6) is 0.165. The second-order valence-corrected chi connectivity index (χ2v) is 5.47. The van der Waals surface area contributed by atoms with Crippen molar-refractivity contribution < 1.29 is 4.79 Å². The lowest BCUT2D eigenvalue weighted by Crippen LogP contribution is -2.13. The molecule has 0 fully saturated rings. The van der Waals surface area contributed by atoms with Crippen LogP contribution in [0.4, 0.5) is 11.4 Å². The molecule has 0 aliphatic heterocycles. The third kappa shape index (κ3) is 4.37. The minimum atomic E-state index is -0.321. The maximum absolute atomic E-state index is 12.2. The van der Waals surface area contributed by atoms with Gasteiger partial charge in [0.1, 0.15) is 5.84 Å². The Morgan fingerprint density at radius 3 is 2.41 bits per heavy atom. The number of amides is 1. The van der Waals surface area contributed by atoms with Crippen molar-refractivity contribution in [2.75, 3.05) is 11.2 Å². The van der Waals surface area contributed by atoms with Crippen LogP contribution in [0.1, 0.15) is 10.4 Å². The van der Waals surface area contributed by atoms with E-state index in [-0.39, 0.29) is 11.8 Å². The minimum absolute atomic E-state index is 0.160. The number of hydrogen-bond acceptors (Lipinski definition) is 2. The van der Waals surface area contributed by atoms with E-state index < -0.39 is 0 Å². The molecule has 114 valence electrons. The van der Waals surface area contributed by atoms with Gasteiger partial charge in [-0.3, -0.25) is 4.79 Å². The zero-order valence-electron chi connectivity index (χ0n) is 11.3. The van der Waals surface area contributed by atoms with Crippen LogP contribution in [0.2, 0.25) is 10.0 Å². The molecule has 2 aromatic carbocycles. The molecule has 0 heterocycles. The number of nitrogens with one attached hydrogen (secondary N) is 1. The number of carbonyl (C=O) groups excluding carboxylic acids is 1. The third-order valence-electron chi connectivity index (χ3n) is 2.71. The Morgan fingerprint density at radius 1 is 1.14 bits per heavy atom. The van der Waals surface area contributed by atoms with E-state index >= 15 is 0 Å². The highest BCUT2D eigenvalue weighted by Gasteiger charge is 2.10. The summed E-state index contributed by atoms with van der Waals surface area (Å²) in [5, 5.41) is 3.51. The Balaban J connectivity index is 2.12. The molecule has 2 aromatic rings. The van der Waals surface area contributed by atoms with Crippen LogP contribution in [0.3, 0.4) is 0 Å². The number of amidine groups is 1. The van der Waals surface area contributed by atoms with Crippen LogP contribution in [0.15, 0.2) is 47.5 Å². The number of aliphatic imine (C=N–C) groups is 1. The summed E-state index contributed by atoms with van der Waals surface area (Å²) in [4.78, 5) is 16.2. The first-order valence-electron chi connectivity index (χ1n) is 6.25. The standard InChI is InChI=1S/C15H12Cl3N3O/c16-8-14(19)20-10-2-4-11(5-3-10)21-15(22)12-6-1-9(17)7-13(12)18/h1-7H,8H2,(H2,19,20)(H,21,22). The van der Waals surface area contributed by atoms with Gasteiger partial charge in [0.2, 0.25) is 0 Å². The molecule has 22 heavy (non-hydrogen) atoms. The summed E-state index contributed by atoms with van der Waals surface area (Å²) in [6, 6.07) is 11.6. The van der Waals surface area contributed by atoms with Crippen molar-refractivity contribution in [2.45, 2.75) is 0 Å². The number of anilines is 1. The maximum atomic E-state index is 12.2. The van der Waals surface area contributed by atoms with Crippen LogP contribution in [-0.2, 0) is 0 Å². The highest BCUT2D eigenvalue weighted by atomic mass is 35.5. The molecule has 0 atom stereocenters. The van der Waals surface area contributed by atoms with Crippen molar-refractivity contribution in [1.82, 2.24) is 0 Å². The Morgan fingerprint density at radius 2 is 1.82 bits per heavy atom. The number of benzene rings is 2. The van der Waals surface area contributed by atoms with Gasteiger partial charge in [0.25, 0.3) is 5.91 Å². The summed E-state index contributed by atoms with van der Waals surface area (Å²) >= 11 is 17.4. The highest BCUT2D eigenvalue weighted by Crippen LogP contribution is 2.23. The second kappa shape index (κ2) is 7.49. The molecule has 0 aliphatic carbocycles. The SMILES string of the molecule is NC(CCl)=Nc1ccc(NC(=O)c2ccc(Cl)cc2Cl)cc1. The number of nitrogens with zero attached hydrogens (tertiary/aromatic N) is 1. The van der Waals surface area contributed by atoms with Crippen LogP contribution in [0.5, 0.6) is 0 Å². The Kier molecular flexibility index (Phi) is 5.66. The van der Waals surface area contributed by atoms with E-state index in [9.17, 15) is 4.79 Å². The fourth-order valence-corrected chi connectivity index (χ4v) is 2.24. The largest absolute Gasteiger partial charge is 0.386 e. The molecule has 0 bridgehead atoms. The van der Waals surface area contributed by atoms with E-state index in [0.717, 1.165) is 0 Å². The van der Waals surface area contributed by atoms with Gasteiger partial charge < -0.3 is 11.1 Å². The smallest absolute Gasteiger partial charge is 0.257 e. The first-order chi connectivity index (χ1) is 10.5. The third-order valence-corrected chi connectivity index (χ3v) is 3.53. The van der Waals surface area contributed by atoms with Gasteiger partial charge in [0, 0.05) is 10.7 Å². The summed E-state index contributed by atoms with van der Waals surface area (Å²) in [6.07, 6.45) is 0. The zero-order chi connectivity index (χ0) is 16.1. The Bertz CT molecular complexity index is 714. The molecule has 1 amide bonds. The van der Waals surface area contributed by atoms with Crippen molar-refractivity contribution in [3.05, 3.63) is 58.1 Å². The van der Waals surface area contributed by atoms with Gasteiger partial charge >= 0.3 is 0 Å². The summed E-state index contributed by atoms with van der Waals surface area (Å²) in [6.45, 7) is 0. The molecule has 0 aromatic heterocycles. The van der Waals surface area contributed by atoms with E-state index in [4.69, 9.17) is 40.5 Å². The zero-order valence-corrected chi connectivity index (χ0v) is 13.6. The van der Waals surface area contributed by atoms with Crippen molar-refractivity contribution in [3.8, 4) is 0 Å². The number of halogens is 3. The summed E-state index contributed by atoms with van der Waals surface area (Å²) in [7, 11) is 0. The van der Waals surface area contributed by atoms with Crippen molar-refractivity contribution in [2.24, 2.45) is 10.7 Å². The number of nitrogens with two attached hydrogens (primary N) is 1. The fourth-order valence-electron chi connectivity index (χ4n) is 1.69. The predicted molar refractivity (Wildman–Crippen MR) is 92.9 cm³/mol. The molecule has 0 saturated heterocycles. The molecule has 0 spiro atoms. The van der Waals surface area contributed by atoms with Crippen LogP contribution >= 0.6 is 34.8 Å². The first kappa shape index (κ1) is 16.6. The minimum Gasteiger partial charge on any atom is -0.386 e. The lowest BCUT2D eigenvalue weighted by Gasteiger charge is -2.07. The van der Waals surface area contributed by atoms with Crippen LogP contribution < -0.4 is 11.1 Å². The van der Waals surface area contributed by atoms with Crippen molar-refractivity contribution in [3.63, 3.8) is 0 Å². The average Bonchev–Trinajstić information content (AvgIpc) is 2.49. The highest BCUT2D eigenvalue weighted by molar-refractivity contribution is 6.37. The van der Waals surface area contributed by atoms with Crippen molar-refractivity contribution in [1.29, 1.82) is 0 Å². The van der Waals surface area contributed by atoms with E-state index in [1.165, 1.54) is 6.07 Å². The van der Waals surface area contributed by atoms with Gasteiger partial charge in [-0.05, 0) is 42.5 Å². The van der Waals surface area contributed by atoms with E-state index in [2.05, 4.69) is 10.3 Å². The molecular weight excluding hydrogens is 345 g/mol. The lowest BCUT2D eigenvalue weighted by molar-refractivity contribution is 0.102. The number of hydrogen-bond donors (Lipinski definition) is 2. The molecule has 0 radical (unpaired) electrons. The molecule has 2 rings (SSSR count). The molecule has 0 unspecified atom stereocenters. The van der Waals surface area contributed by atoms with Gasteiger partial charge in [-0.25, -0.2) is 4.99 Å². The number of alkyl halides is 1. The molecule has 0 saturated carbocycles. The van der Waals surface area contributed by atoms with Gasteiger partial charge in [-0.15, -0.1) is 11.6 Å². The molecule has 3 N–H and O–H groups in total. The van der Waals surface area contributed by atoms with Crippen LogP contribution in [0, 0.1) is 0 Å². The van der Waals surface area contributed by atoms with Crippen LogP contribution in [0.25, 0.3) is 0 Å². The van der Waals surface area contributed by atoms with Gasteiger partial charge in [0.05, 0.1) is 22.2 Å². The molecule has 4 nitrogen and oxygen atoms in total. The summed E-state index contributed by atoms with van der Waals surface area (Å²) in [5.41, 5.74) is 7.16. The van der Waals surface area contributed by atoms with E-state index in [1.54, 1.807) is 36.4 Å². The maximum Gasteiger partial charge on any atom is 0.257 e. The van der Waals surface area contributed by atoms with E-state index in [1.807, 2.05) is 0 Å². The Labute approximate surface area is 142 Å².